The summed E-state index contributed by atoms with van der Waals surface area (Å²) >= 11 is 3.43. The molecule has 1 aromatic carbocycles. The minimum atomic E-state index is -3.61. The third-order valence-electron chi connectivity index (χ3n) is 2.40. The number of nitrogens with zero attached hydrogens (tertiary/aromatic N) is 1. The molecule has 2 rings (SSSR count). The summed E-state index contributed by atoms with van der Waals surface area (Å²) in [6.45, 7) is 1.93. The lowest BCUT2D eigenvalue weighted by atomic mass is 10.1. The quantitative estimate of drug-likeness (QED) is 0.847. The van der Waals surface area contributed by atoms with Gasteiger partial charge in [0.1, 0.15) is 0 Å². The molecule has 0 aliphatic rings. The summed E-state index contributed by atoms with van der Waals surface area (Å²) in [5, 5.41) is 0.0412. The van der Waals surface area contributed by atoms with E-state index >= 15 is 0 Å². The molecule has 0 radical (unpaired) electrons. The topological polar surface area (TPSA) is 74.8 Å². The number of H-pyrrole nitrogens is 1. The first-order valence-electron chi connectivity index (χ1n) is 5.25. The van der Waals surface area contributed by atoms with Gasteiger partial charge in [-0.2, -0.15) is 8.42 Å². The summed E-state index contributed by atoms with van der Waals surface area (Å²) in [6.07, 6.45) is 2.59. The number of aromatic nitrogens is 2. The molecular weight excluding hydrogens is 318 g/mol. The molecule has 0 aliphatic heterocycles. The Morgan fingerprint density at radius 1 is 1.39 bits per heavy atom. The van der Waals surface area contributed by atoms with Crippen LogP contribution in [0.15, 0.2) is 41.8 Å². The smallest absolute Gasteiger partial charge is 0.278 e. The molecule has 2 aromatic rings. The molecule has 18 heavy (non-hydrogen) atoms. The summed E-state index contributed by atoms with van der Waals surface area (Å²) in [6, 6.07) is 7.23. The Morgan fingerprint density at radius 2 is 2.11 bits per heavy atom. The number of hydrogen-bond acceptors (Lipinski definition) is 3. The van der Waals surface area contributed by atoms with Crippen LogP contribution < -0.4 is 4.72 Å². The first kappa shape index (κ1) is 13.1. The van der Waals surface area contributed by atoms with E-state index in [4.69, 9.17) is 0 Å². The number of benzene rings is 1. The summed E-state index contributed by atoms with van der Waals surface area (Å²) in [5.41, 5.74) is 1.43. The van der Waals surface area contributed by atoms with Crippen molar-refractivity contribution < 1.29 is 8.42 Å². The van der Waals surface area contributed by atoms with Gasteiger partial charge in [-0.25, -0.2) is 4.98 Å². The van der Waals surface area contributed by atoms with Crippen LogP contribution in [0.3, 0.4) is 0 Å². The second-order valence-corrected chi connectivity index (χ2v) is 6.75. The number of para-hydroxylation sites is 1. The minimum Gasteiger partial charge on any atom is -0.334 e. The highest BCUT2D eigenvalue weighted by molar-refractivity contribution is 9.09. The number of halogens is 1. The molecule has 0 amide bonds. The van der Waals surface area contributed by atoms with Gasteiger partial charge in [0.2, 0.25) is 0 Å². The molecule has 1 aromatic heterocycles. The number of aromatic amines is 1. The number of anilines is 1. The van der Waals surface area contributed by atoms with Crippen molar-refractivity contribution in [1.82, 2.24) is 9.97 Å². The zero-order valence-corrected chi connectivity index (χ0v) is 12.0. The average molecular weight is 330 g/mol. The van der Waals surface area contributed by atoms with Crippen molar-refractivity contribution >= 4 is 31.6 Å². The van der Waals surface area contributed by atoms with Crippen molar-refractivity contribution in [3.05, 3.63) is 42.4 Å². The summed E-state index contributed by atoms with van der Waals surface area (Å²) in [5.74, 6) is 0. The fourth-order valence-electron chi connectivity index (χ4n) is 1.53. The molecule has 96 valence electrons. The largest absolute Gasteiger partial charge is 0.334 e. The van der Waals surface area contributed by atoms with Gasteiger partial charge < -0.3 is 4.98 Å². The van der Waals surface area contributed by atoms with Gasteiger partial charge in [-0.05, 0) is 18.6 Å². The highest BCUT2D eigenvalue weighted by Crippen LogP contribution is 2.29. The van der Waals surface area contributed by atoms with E-state index in [2.05, 4.69) is 30.6 Å². The second kappa shape index (κ2) is 5.11. The fraction of sp³-hybridized carbons (Fsp3) is 0.182. The van der Waals surface area contributed by atoms with Crippen LogP contribution in [-0.2, 0) is 10.0 Å². The lowest BCUT2D eigenvalue weighted by Crippen LogP contribution is -2.14. The van der Waals surface area contributed by atoms with Crippen LogP contribution in [-0.4, -0.2) is 18.4 Å². The summed E-state index contributed by atoms with van der Waals surface area (Å²) < 4.78 is 26.6. The normalized spacial score (nSPS) is 13.2. The molecule has 0 bridgehead atoms. The van der Waals surface area contributed by atoms with E-state index in [1.165, 1.54) is 12.5 Å². The lowest BCUT2D eigenvalue weighted by molar-refractivity contribution is 0.598. The van der Waals surface area contributed by atoms with Crippen molar-refractivity contribution in [2.45, 2.75) is 16.8 Å². The van der Waals surface area contributed by atoms with Gasteiger partial charge in [-0.15, -0.1) is 0 Å². The van der Waals surface area contributed by atoms with Crippen molar-refractivity contribution in [2.24, 2.45) is 0 Å². The number of alkyl halides is 1. The molecule has 0 fully saturated rings. The molecule has 1 unspecified atom stereocenters. The number of imidazole rings is 1. The maximum Gasteiger partial charge on any atom is 0.278 e. The van der Waals surface area contributed by atoms with Gasteiger partial charge in [-0.3, -0.25) is 4.72 Å². The predicted molar refractivity (Wildman–Crippen MR) is 73.2 cm³/mol. The Kier molecular flexibility index (Phi) is 3.72. The molecule has 2 N–H and O–H groups in total. The first-order chi connectivity index (χ1) is 8.50. The van der Waals surface area contributed by atoms with Crippen molar-refractivity contribution in [2.75, 3.05) is 4.72 Å². The summed E-state index contributed by atoms with van der Waals surface area (Å²) in [7, 11) is -3.61. The van der Waals surface area contributed by atoms with Gasteiger partial charge >= 0.3 is 0 Å². The average Bonchev–Trinajstić information content (AvgIpc) is 2.83. The van der Waals surface area contributed by atoms with E-state index in [1.807, 2.05) is 19.1 Å². The molecule has 7 heteroatoms. The molecule has 0 aliphatic carbocycles. The first-order valence-corrected chi connectivity index (χ1v) is 7.65. The van der Waals surface area contributed by atoms with E-state index in [0.717, 1.165) is 5.56 Å². The van der Waals surface area contributed by atoms with Gasteiger partial charge in [0, 0.05) is 4.83 Å². The van der Waals surface area contributed by atoms with Gasteiger partial charge in [0.25, 0.3) is 10.0 Å². The van der Waals surface area contributed by atoms with Crippen LogP contribution >= 0.6 is 15.9 Å². The summed E-state index contributed by atoms with van der Waals surface area (Å²) in [4.78, 5) is 6.33. The van der Waals surface area contributed by atoms with E-state index in [-0.39, 0.29) is 9.85 Å². The van der Waals surface area contributed by atoms with E-state index in [1.54, 1.807) is 12.1 Å². The van der Waals surface area contributed by atoms with E-state index < -0.39 is 10.0 Å². The molecule has 1 atom stereocenters. The van der Waals surface area contributed by atoms with Crippen LogP contribution in [0.4, 0.5) is 5.69 Å². The predicted octanol–water partition coefficient (Wildman–Crippen LogP) is 2.67. The van der Waals surface area contributed by atoms with Gasteiger partial charge in [0.15, 0.2) is 5.03 Å². The number of rotatable bonds is 4. The third kappa shape index (κ3) is 2.73. The van der Waals surface area contributed by atoms with E-state index in [9.17, 15) is 8.42 Å². The maximum absolute atomic E-state index is 12.0. The maximum atomic E-state index is 12.0. The molecule has 0 saturated heterocycles. The van der Waals surface area contributed by atoms with Crippen LogP contribution in [0.1, 0.15) is 17.3 Å². The number of nitrogens with one attached hydrogen (secondary N) is 2. The van der Waals surface area contributed by atoms with E-state index in [0.29, 0.717) is 5.69 Å². The second-order valence-electron chi connectivity index (χ2n) is 3.72. The number of sulfonamides is 1. The number of hydrogen-bond donors (Lipinski definition) is 2. The highest BCUT2D eigenvalue weighted by Gasteiger charge is 2.18. The molecule has 0 spiro atoms. The van der Waals surface area contributed by atoms with Crippen LogP contribution in [0.25, 0.3) is 0 Å². The van der Waals surface area contributed by atoms with Crippen LogP contribution in [0.2, 0.25) is 0 Å². The SMILES string of the molecule is CC(Br)c1ccccc1NS(=O)(=O)c1cnc[nH]1. The standard InChI is InChI=1S/C11H12BrN3O2S/c1-8(12)9-4-2-3-5-10(9)15-18(16,17)11-6-13-7-14-11/h2-8,15H,1H3,(H,13,14). The monoisotopic (exact) mass is 329 g/mol. The lowest BCUT2D eigenvalue weighted by Gasteiger charge is -2.13. The van der Waals surface area contributed by atoms with Crippen molar-refractivity contribution in [1.29, 1.82) is 0 Å². The van der Waals surface area contributed by atoms with Crippen molar-refractivity contribution in [3.8, 4) is 0 Å². The van der Waals surface area contributed by atoms with Crippen LogP contribution in [0.5, 0.6) is 0 Å². The fourth-order valence-corrected chi connectivity index (χ4v) is 2.92. The zero-order chi connectivity index (χ0) is 13.2. The Labute approximate surface area is 114 Å². The van der Waals surface area contributed by atoms with Gasteiger partial charge in [0.05, 0.1) is 18.2 Å². The Morgan fingerprint density at radius 3 is 2.72 bits per heavy atom. The molecular formula is C11H12BrN3O2S. The zero-order valence-electron chi connectivity index (χ0n) is 9.59. The molecule has 1 heterocycles. The van der Waals surface area contributed by atoms with Crippen molar-refractivity contribution in [3.63, 3.8) is 0 Å². The highest BCUT2D eigenvalue weighted by atomic mass is 79.9. The van der Waals surface area contributed by atoms with Gasteiger partial charge in [-0.1, -0.05) is 34.1 Å². The Balaban J connectivity index is 2.36. The Hall–Kier alpha value is -1.34. The molecule has 5 nitrogen and oxygen atoms in total. The molecule has 0 saturated carbocycles. The van der Waals surface area contributed by atoms with Crippen LogP contribution in [0, 0.1) is 0 Å². The third-order valence-corrected chi connectivity index (χ3v) is 4.18. The Bertz CT molecular complexity index is 623. The minimum absolute atomic E-state index is 0.0412.